The van der Waals surface area contributed by atoms with Gasteiger partial charge < -0.3 is 19.5 Å². The molecular formula is C28H31NO3. The zero-order chi connectivity index (χ0) is 22.0. The molecule has 0 amide bonds. The Morgan fingerprint density at radius 1 is 0.688 bits per heavy atom. The van der Waals surface area contributed by atoms with Crippen LogP contribution in [0.2, 0.25) is 0 Å². The van der Waals surface area contributed by atoms with Crippen molar-refractivity contribution in [1.82, 2.24) is 5.32 Å². The van der Waals surface area contributed by atoms with Crippen LogP contribution in [-0.2, 0) is 34.0 Å². The standard InChI is InChI=1S/C28H31NO3/c1-22-17-29-26(21-30-18-23-11-5-2-6-12-23)28(32-20-25-15-9-4-10-16-25)27(22)31-19-24-13-7-3-8-14-24/h2-16,26-29H,1,17-21H2/t26-,27+,28-/m0/s1. The molecule has 1 aliphatic heterocycles. The predicted molar refractivity (Wildman–Crippen MR) is 127 cm³/mol. The number of benzene rings is 3. The third-order valence-corrected chi connectivity index (χ3v) is 5.66. The van der Waals surface area contributed by atoms with Crippen molar-refractivity contribution in [3.05, 3.63) is 120 Å². The molecule has 0 aliphatic carbocycles. The van der Waals surface area contributed by atoms with E-state index in [9.17, 15) is 0 Å². The second kappa shape index (κ2) is 11.7. The summed E-state index contributed by atoms with van der Waals surface area (Å²) in [6.45, 7) is 7.09. The molecule has 3 aromatic carbocycles. The number of hydrogen-bond acceptors (Lipinski definition) is 4. The van der Waals surface area contributed by atoms with Gasteiger partial charge in [-0.3, -0.25) is 0 Å². The van der Waals surface area contributed by atoms with Gasteiger partial charge in [-0.15, -0.1) is 0 Å². The highest BCUT2D eigenvalue weighted by Gasteiger charge is 2.37. The van der Waals surface area contributed by atoms with Gasteiger partial charge in [-0.25, -0.2) is 0 Å². The third-order valence-electron chi connectivity index (χ3n) is 5.66. The fourth-order valence-corrected chi connectivity index (χ4v) is 3.90. The van der Waals surface area contributed by atoms with E-state index in [1.165, 1.54) is 0 Å². The molecule has 4 heteroatoms. The first-order valence-corrected chi connectivity index (χ1v) is 11.1. The van der Waals surface area contributed by atoms with Crippen molar-refractivity contribution in [2.75, 3.05) is 13.2 Å². The molecule has 0 aromatic heterocycles. The van der Waals surface area contributed by atoms with Gasteiger partial charge in [-0.1, -0.05) is 97.6 Å². The predicted octanol–water partition coefficient (Wildman–Crippen LogP) is 4.90. The number of ether oxygens (including phenoxy) is 3. The molecule has 4 nitrogen and oxygen atoms in total. The molecule has 3 atom stereocenters. The molecule has 32 heavy (non-hydrogen) atoms. The summed E-state index contributed by atoms with van der Waals surface area (Å²) < 4.78 is 18.8. The van der Waals surface area contributed by atoms with E-state index < -0.39 is 0 Å². The topological polar surface area (TPSA) is 39.7 Å². The lowest BCUT2D eigenvalue weighted by Crippen LogP contribution is -2.57. The largest absolute Gasteiger partial charge is 0.375 e. The van der Waals surface area contributed by atoms with E-state index in [2.05, 4.69) is 48.3 Å². The molecule has 1 aliphatic rings. The van der Waals surface area contributed by atoms with Gasteiger partial charge in [0.1, 0.15) is 12.2 Å². The Morgan fingerprint density at radius 3 is 1.75 bits per heavy atom. The quantitative estimate of drug-likeness (QED) is 0.465. The van der Waals surface area contributed by atoms with Crippen molar-refractivity contribution >= 4 is 0 Å². The van der Waals surface area contributed by atoms with Crippen molar-refractivity contribution in [1.29, 1.82) is 0 Å². The average Bonchev–Trinajstić information content (AvgIpc) is 2.85. The van der Waals surface area contributed by atoms with Gasteiger partial charge in [0, 0.05) is 6.54 Å². The second-order valence-corrected chi connectivity index (χ2v) is 8.12. The van der Waals surface area contributed by atoms with Crippen molar-refractivity contribution in [2.24, 2.45) is 0 Å². The summed E-state index contributed by atoms with van der Waals surface area (Å²) in [4.78, 5) is 0. The summed E-state index contributed by atoms with van der Waals surface area (Å²) in [5, 5.41) is 3.54. The highest BCUT2D eigenvalue weighted by atomic mass is 16.5. The maximum atomic E-state index is 6.43. The van der Waals surface area contributed by atoms with E-state index in [0.717, 1.165) is 22.3 Å². The first-order chi connectivity index (χ1) is 15.8. The molecule has 3 aromatic rings. The van der Waals surface area contributed by atoms with Crippen LogP contribution in [0, 0.1) is 0 Å². The fourth-order valence-electron chi connectivity index (χ4n) is 3.90. The van der Waals surface area contributed by atoms with Crippen molar-refractivity contribution in [2.45, 2.75) is 38.1 Å². The second-order valence-electron chi connectivity index (χ2n) is 8.12. The molecule has 0 unspecified atom stereocenters. The van der Waals surface area contributed by atoms with Crippen LogP contribution in [0.4, 0.5) is 0 Å². The summed E-state index contributed by atoms with van der Waals surface area (Å²) in [7, 11) is 0. The normalized spacial score (nSPS) is 20.9. The summed E-state index contributed by atoms with van der Waals surface area (Å²) >= 11 is 0. The summed E-state index contributed by atoms with van der Waals surface area (Å²) in [6, 6.07) is 30.7. The lowest BCUT2D eigenvalue weighted by molar-refractivity contribution is -0.106. The Hall–Kier alpha value is -2.76. The van der Waals surface area contributed by atoms with Crippen LogP contribution in [-0.4, -0.2) is 31.4 Å². The van der Waals surface area contributed by atoms with Crippen LogP contribution >= 0.6 is 0 Å². The molecule has 0 bridgehead atoms. The maximum Gasteiger partial charge on any atom is 0.108 e. The van der Waals surface area contributed by atoms with Gasteiger partial charge in [0.25, 0.3) is 0 Å². The van der Waals surface area contributed by atoms with E-state index in [0.29, 0.717) is 33.0 Å². The van der Waals surface area contributed by atoms with Gasteiger partial charge in [0.2, 0.25) is 0 Å². The molecule has 0 saturated carbocycles. The number of hydrogen-bond donors (Lipinski definition) is 1. The molecule has 1 heterocycles. The third kappa shape index (κ3) is 6.38. The van der Waals surface area contributed by atoms with Crippen LogP contribution in [0.15, 0.2) is 103 Å². The molecule has 0 radical (unpaired) electrons. The van der Waals surface area contributed by atoms with Crippen molar-refractivity contribution in [3.63, 3.8) is 0 Å². The van der Waals surface area contributed by atoms with Crippen molar-refractivity contribution in [3.8, 4) is 0 Å². The average molecular weight is 430 g/mol. The smallest absolute Gasteiger partial charge is 0.108 e. The number of nitrogens with one attached hydrogen (secondary N) is 1. The first-order valence-electron chi connectivity index (χ1n) is 11.1. The Morgan fingerprint density at radius 2 is 1.19 bits per heavy atom. The maximum absolute atomic E-state index is 6.43. The zero-order valence-electron chi connectivity index (χ0n) is 18.4. The van der Waals surface area contributed by atoms with E-state index in [4.69, 9.17) is 14.2 Å². The summed E-state index contributed by atoms with van der Waals surface area (Å²) in [5.74, 6) is 0. The van der Waals surface area contributed by atoms with Crippen LogP contribution < -0.4 is 5.32 Å². The van der Waals surface area contributed by atoms with Gasteiger partial charge in [-0.05, 0) is 22.3 Å². The van der Waals surface area contributed by atoms with Gasteiger partial charge in [0.15, 0.2) is 0 Å². The van der Waals surface area contributed by atoms with E-state index in [1.54, 1.807) is 0 Å². The molecule has 166 valence electrons. The van der Waals surface area contributed by atoms with Gasteiger partial charge >= 0.3 is 0 Å². The lowest BCUT2D eigenvalue weighted by atomic mass is 9.94. The summed E-state index contributed by atoms with van der Waals surface area (Å²) in [5.41, 5.74) is 4.43. The van der Waals surface area contributed by atoms with Crippen LogP contribution in [0.3, 0.4) is 0 Å². The first kappa shape index (κ1) is 22.4. The Balaban J connectivity index is 1.43. The molecule has 0 spiro atoms. The fraction of sp³-hybridized carbons (Fsp3) is 0.286. The molecule has 4 rings (SSSR count). The highest BCUT2D eigenvalue weighted by molar-refractivity contribution is 5.18. The van der Waals surface area contributed by atoms with E-state index in [1.807, 2.05) is 54.6 Å². The summed E-state index contributed by atoms with van der Waals surface area (Å²) in [6.07, 6.45) is -0.401. The Bertz CT molecular complexity index is 946. The minimum absolute atomic E-state index is 0.00805. The SMILES string of the molecule is C=C1CN[C@@H](COCc2ccccc2)[C@H](OCc2ccccc2)[C@@H]1OCc1ccccc1. The minimum Gasteiger partial charge on any atom is -0.375 e. The van der Waals surface area contributed by atoms with Crippen LogP contribution in [0.5, 0.6) is 0 Å². The molecule has 1 fully saturated rings. The zero-order valence-corrected chi connectivity index (χ0v) is 18.4. The van der Waals surface area contributed by atoms with Crippen molar-refractivity contribution < 1.29 is 14.2 Å². The van der Waals surface area contributed by atoms with E-state index in [-0.39, 0.29) is 18.2 Å². The van der Waals surface area contributed by atoms with Crippen LogP contribution in [0.1, 0.15) is 16.7 Å². The molecular weight excluding hydrogens is 398 g/mol. The lowest BCUT2D eigenvalue weighted by Gasteiger charge is -2.39. The Labute approximate surface area is 190 Å². The van der Waals surface area contributed by atoms with Gasteiger partial charge in [-0.2, -0.15) is 0 Å². The number of piperidine rings is 1. The molecule has 1 N–H and O–H groups in total. The van der Waals surface area contributed by atoms with Crippen LogP contribution in [0.25, 0.3) is 0 Å². The van der Waals surface area contributed by atoms with Gasteiger partial charge in [0.05, 0.1) is 32.5 Å². The monoisotopic (exact) mass is 429 g/mol. The Kier molecular flexibility index (Phi) is 8.23. The number of rotatable bonds is 10. The molecule has 1 saturated heterocycles. The highest BCUT2D eigenvalue weighted by Crippen LogP contribution is 2.24. The minimum atomic E-state index is -0.203. The van der Waals surface area contributed by atoms with E-state index >= 15 is 0 Å².